The summed E-state index contributed by atoms with van der Waals surface area (Å²) in [5.41, 5.74) is 1.50. The fraction of sp³-hybridized carbons (Fsp3) is 0.462. The van der Waals surface area contributed by atoms with Crippen LogP contribution in [0.4, 0.5) is 0 Å². The zero-order valence-corrected chi connectivity index (χ0v) is 11.0. The summed E-state index contributed by atoms with van der Waals surface area (Å²) in [7, 11) is 0. The van der Waals surface area contributed by atoms with Gasteiger partial charge in [0.1, 0.15) is 5.71 Å². The molecule has 1 amide bonds. The summed E-state index contributed by atoms with van der Waals surface area (Å²) in [4.78, 5) is 15.5. The quantitative estimate of drug-likeness (QED) is 0.628. The molecule has 1 aromatic heterocycles. The molecule has 0 aromatic carbocycles. The molecule has 0 spiro atoms. The van der Waals surface area contributed by atoms with Gasteiger partial charge in [0.05, 0.1) is 5.92 Å². The van der Waals surface area contributed by atoms with Crippen LogP contribution in [0.3, 0.4) is 0 Å². The van der Waals surface area contributed by atoms with E-state index in [9.17, 15) is 10.0 Å². The average molecular weight is 249 g/mol. The lowest BCUT2D eigenvalue weighted by molar-refractivity contribution is -0.773. The van der Waals surface area contributed by atoms with Gasteiger partial charge in [-0.15, -0.1) is 0 Å². The Morgan fingerprint density at radius 1 is 1.44 bits per heavy atom. The van der Waals surface area contributed by atoms with Crippen LogP contribution < -0.4 is 5.17 Å². The number of hydrogen-bond donors (Lipinski definition) is 1. The molecule has 1 heterocycles. The van der Waals surface area contributed by atoms with Gasteiger partial charge in [0.25, 0.3) is 0 Å². The van der Waals surface area contributed by atoms with E-state index in [2.05, 4.69) is 10.1 Å². The molecular formula is C13H19N3O2. The van der Waals surface area contributed by atoms with Gasteiger partial charge in [0, 0.05) is 18.0 Å². The molecule has 0 bridgehead atoms. The van der Waals surface area contributed by atoms with Crippen LogP contribution >= 0.6 is 0 Å². The molecule has 0 fully saturated rings. The van der Waals surface area contributed by atoms with Crippen molar-refractivity contribution in [2.45, 2.75) is 33.6 Å². The first-order chi connectivity index (χ1) is 8.56. The summed E-state index contributed by atoms with van der Waals surface area (Å²) in [5.74, 6) is -0.765. The molecular weight excluding hydrogens is 230 g/mol. The number of hydrogen-bond acceptors (Lipinski definition) is 4. The van der Waals surface area contributed by atoms with E-state index in [4.69, 9.17) is 0 Å². The van der Waals surface area contributed by atoms with Gasteiger partial charge in [-0.25, -0.2) is 4.79 Å². The molecule has 1 rings (SSSR count). The molecule has 5 heteroatoms. The highest BCUT2D eigenvalue weighted by Crippen LogP contribution is 2.04. The van der Waals surface area contributed by atoms with Gasteiger partial charge in [0.15, 0.2) is 0 Å². The highest BCUT2D eigenvalue weighted by atomic mass is 16.5. The van der Waals surface area contributed by atoms with E-state index in [-0.39, 0.29) is 5.92 Å². The Bertz CT molecular complexity index is 416. The van der Waals surface area contributed by atoms with E-state index < -0.39 is 11.1 Å². The average Bonchev–Trinajstić information content (AvgIpc) is 2.38. The first-order valence-electron chi connectivity index (χ1n) is 6.12. The lowest BCUT2D eigenvalue weighted by Gasteiger charge is -2.16. The van der Waals surface area contributed by atoms with Crippen LogP contribution in [-0.2, 0) is 4.79 Å². The predicted molar refractivity (Wildman–Crippen MR) is 69.9 cm³/mol. The second kappa shape index (κ2) is 6.98. The summed E-state index contributed by atoms with van der Waals surface area (Å²) >= 11 is 0. The van der Waals surface area contributed by atoms with E-state index in [1.165, 1.54) is 0 Å². The lowest BCUT2D eigenvalue weighted by Crippen LogP contribution is -3.06. The molecule has 0 saturated carbocycles. The second-order valence-electron chi connectivity index (χ2n) is 4.37. The summed E-state index contributed by atoms with van der Waals surface area (Å²) in [6, 6.07) is 3.59. The minimum absolute atomic E-state index is 0.318. The number of carbonyl (C=O) groups is 1. The Morgan fingerprint density at radius 3 is 2.56 bits per heavy atom. The van der Waals surface area contributed by atoms with Crippen LogP contribution in [0.5, 0.6) is 0 Å². The van der Waals surface area contributed by atoms with Gasteiger partial charge in [-0.05, 0) is 32.4 Å². The molecule has 1 atom stereocenters. The molecule has 0 aliphatic carbocycles. The summed E-state index contributed by atoms with van der Waals surface area (Å²) < 4.78 is 0. The largest absolute Gasteiger partial charge is 0.599 e. The summed E-state index contributed by atoms with van der Waals surface area (Å²) in [6.45, 7) is 5.40. The molecule has 0 saturated heterocycles. The Kier molecular flexibility index (Phi) is 5.61. The summed E-state index contributed by atoms with van der Waals surface area (Å²) in [5, 5.41) is 15.0. The Labute approximate surface area is 107 Å². The standard InChI is InChI=1S/C13H19N3O2/c1-4-5-12(11-6-8-14-9-7-11)15-16(18)13(17)10(2)3/h6-10,16H,4-5H2,1-3H3. The van der Waals surface area contributed by atoms with E-state index in [1.54, 1.807) is 38.4 Å². The second-order valence-corrected chi connectivity index (χ2v) is 4.37. The van der Waals surface area contributed by atoms with E-state index >= 15 is 0 Å². The smallest absolute Gasteiger partial charge is 0.340 e. The maximum Gasteiger partial charge on any atom is 0.340 e. The Hall–Kier alpha value is -1.59. The molecule has 98 valence electrons. The van der Waals surface area contributed by atoms with Crippen LogP contribution in [0, 0.1) is 11.1 Å². The van der Waals surface area contributed by atoms with Crippen LogP contribution in [0.1, 0.15) is 39.2 Å². The van der Waals surface area contributed by atoms with Gasteiger partial charge in [0.2, 0.25) is 0 Å². The first-order valence-corrected chi connectivity index (χ1v) is 6.12. The number of rotatable bonds is 5. The molecule has 5 nitrogen and oxygen atoms in total. The fourth-order valence-corrected chi connectivity index (χ4v) is 1.47. The molecule has 0 aliphatic rings. The van der Waals surface area contributed by atoms with E-state index in [0.29, 0.717) is 12.1 Å². The van der Waals surface area contributed by atoms with Crippen molar-refractivity contribution in [1.29, 1.82) is 0 Å². The summed E-state index contributed by atoms with van der Waals surface area (Å²) in [6.07, 6.45) is 4.83. The Balaban J connectivity index is 2.95. The number of aromatic nitrogens is 1. The van der Waals surface area contributed by atoms with Crippen LogP contribution in [0.25, 0.3) is 0 Å². The zero-order valence-electron chi connectivity index (χ0n) is 11.0. The lowest BCUT2D eigenvalue weighted by atomic mass is 10.1. The third-order valence-corrected chi connectivity index (χ3v) is 2.47. The van der Waals surface area contributed by atoms with Gasteiger partial charge < -0.3 is 5.21 Å². The SMILES string of the molecule is CCCC(=N[NH+]([O-])C(=O)C(C)C)c1ccncc1. The highest BCUT2D eigenvalue weighted by molar-refractivity contribution is 6.00. The molecule has 0 aliphatic heterocycles. The monoisotopic (exact) mass is 249 g/mol. The fourth-order valence-electron chi connectivity index (χ4n) is 1.47. The van der Waals surface area contributed by atoms with Crippen molar-refractivity contribution in [3.05, 3.63) is 35.3 Å². The van der Waals surface area contributed by atoms with Crippen molar-refractivity contribution in [3.63, 3.8) is 0 Å². The number of nitrogens with zero attached hydrogens (tertiary/aromatic N) is 2. The molecule has 18 heavy (non-hydrogen) atoms. The number of hydroxylamine groups is 1. The van der Waals surface area contributed by atoms with Crippen molar-refractivity contribution in [2.24, 2.45) is 11.0 Å². The van der Waals surface area contributed by atoms with Crippen LogP contribution in [0.2, 0.25) is 0 Å². The zero-order chi connectivity index (χ0) is 13.5. The van der Waals surface area contributed by atoms with Gasteiger partial charge in [-0.1, -0.05) is 18.4 Å². The normalized spacial score (nSPS) is 13.7. The van der Waals surface area contributed by atoms with Gasteiger partial charge >= 0.3 is 5.91 Å². The molecule has 1 aromatic rings. The van der Waals surface area contributed by atoms with Crippen molar-refractivity contribution in [1.82, 2.24) is 4.98 Å². The Morgan fingerprint density at radius 2 is 2.06 bits per heavy atom. The van der Waals surface area contributed by atoms with Crippen molar-refractivity contribution < 1.29 is 9.97 Å². The van der Waals surface area contributed by atoms with Crippen LogP contribution in [0.15, 0.2) is 29.6 Å². The third kappa shape index (κ3) is 4.01. The number of carbonyl (C=O) groups excluding carboxylic acids is 1. The minimum atomic E-state index is -0.662. The number of amides is 1. The van der Waals surface area contributed by atoms with Crippen molar-refractivity contribution >= 4 is 11.6 Å². The maximum absolute atomic E-state index is 11.7. The van der Waals surface area contributed by atoms with Gasteiger partial charge in [-0.3, -0.25) is 4.98 Å². The van der Waals surface area contributed by atoms with Crippen LogP contribution in [-0.4, -0.2) is 16.6 Å². The first kappa shape index (κ1) is 14.5. The number of quaternary nitrogens is 1. The van der Waals surface area contributed by atoms with E-state index in [1.807, 2.05) is 6.92 Å². The highest BCUT2D eigenvalue weighted by Gasteiger charge is 2.16. The number of nitrogens with one attached hydrogen (secondary N) is 1. The van der Waals surface area contributed by atoms with Crippen molar-refractivity contribution in [3.8, 4) is 0 Å². The van der Waals surface area contributed by atoms with Crippen molar-refractivity contribution in [2.75, 3.05) is 0 Å². The third-order valence-electron chi connectivity index (χ3n) is 2.47. The topological polar surface area (TPSA) is 69.8 Å². The van der Waals surface area contributed by atoms with E-state index in [0.717, 1.165) is 12.0 Å². The molecule has 1 N–H and O–H groups in total. The molecule has 1 unspecified atom stereocenters. The number of pyridine rings is 1. The maximum atomic E-state index is 11.7. The van der Waals surface area contributed by atoms with Gasteiger partial charge in [-0.2, -0.15) is 5.17 Å². The minimum Gasteiger partial charge on any atom is -0.599 e. The molecule has 0 radical (unpaired) electrons. The predicted octanol–water partition coefficient (Wildman–Crippen LogP) is 1.15.